The van der Waals surface area contributed by atoms with Crippen LogP contribution in [0.25, 0.3) is 0 Å². The van der Waals surface area contributed by atoms with Gasteiger partial charge in [0, 0.05) is 24.8 Å². The first-order valence-electron chi connectivity index (χ1n) is 3.14. The van der Waals surface area contributed by atoms with E-state index in [4.69, 9.17) is 4.74 Å². The van der Waals surface area contributed by atoms with Crippen molar-refractivity contribution in [1.82, 2.24) is 0 Å². The van der Waals surface area contributed by atoms with Gasteiger partial charge < -0.3 is 24.5 Å². The third-order valence-electron chi connectivity index (χ3n) is 1.42. The topological polar surface area (TPSA) is 92.8 Å². The smallest absolute Gasteiger partial charge is 0.550 e. The zero-order valence-electron chi connectivity index (χ0n) is 7.61. The zero-order valence-corrected chi connectivity index (χ0v) is 11.6. The first-order valence-corrected chi connectivity index (χ1v) is 3.14. The van der Waals surface area contributed by atoms with Crippen molar-refractivity contribution in [2.45, 2.75) is 25.0 Å². The van der Waals surface area contributed by atoms with Crippen LogP contribution in [0, 0.1) is 0 Å². The van der Waals surface area contributed by atoms with Crippen molar-refractivity contribution < 1.29 is 83.7 Å². The van der Waals surface area contributed by atoms with Gasteiger partial charge in [-0.2, -0.15) is 0 Å². The zero-order chi connectivity index (χ0) is 8.43. The molecule has 1 aliphatic rings. The number of rotatable bonds is 4. The molecule has 62 valence electrons. The van der Waals surface area contributed by atoms with Crippen LogP contribution in [0.4, 0.5) is 0 Å². The van der Waals surface area contributed by atoms with Gasteiger partial charge in [-0.25, -0.2) is 0 Å². The molecule has 0 aromatic carbocycles. The molecule has 0 N–H and O–H groups in total. The number of epoxide rings is 1. The Morgan fingerprint density at radius 2 is 1.31 bits per heavy atom. The fourth-order valence-corrected chi connectivity index (χ4v) is 0.867. The SMILES string of the molecule is O=C([O-])CC1OC1CC(=O)[O-].[Na+].[Na+]. The number of aliphatic carboxylic acids is 2. The van der Waals surface area contributed by atoms with Crippen LogP contribution in [0.3, 0.4) is 0 Å². The molecule has 0 saturated carbocycles. The molecule has 0 aliphatic carbocycles. The fraction of sp³-hybridized carbons (Fsp3) is 0.667. The van der Waals surface area contributed by atoms with E-state index in [1.807, 2.05) is 0 Å². The monoisotopic (exact) mass is 204 g/mol. The molecule has 1 heterocycles. The van der Waals surface area contributed by atoms with Crippen molar-refractivity contribution in [1.29, 1.82) is 0 Å². The summed E-state index contributed by atoms with van der Waals surface area (Å²) in [5.74, 6) is -2.45. The van der Waals surface area contributed by atoms with Crippen LogP contribution in [0.2, 0.25) is 0 Å². The van der Waals surface area contributed by atoms with Crippen LogP contribution in [-0.4, -0.2) is 24.1 Å². The Hall–Kier alpha value is 0.900. The Labute approximate surface area is 119 Å². The third-order valence-corrected chi connectivity index (χ3v) is 1.42. The van der Waals surface area contributed by atoms with E-state index in [1.54, 1.807) is 0 Å². The van der Waals surface area contributed by atoms with Gasteiger partial charge in [0.25, 0.3) is 0 Å². The molecule has 1 saturated heterocycles. The van der Waals surface area contributed by atoms with E-state index in [9.17, 15) is 19.8 Å². The normalized spacial score (nSPS) is 23.7. The van der Waals surface area contributed by atoms with Crippen molar-refractivity contribution in [3.05, 3.63) is 0 Å². The van der Waals surface area contributed by atoms with Crippen LogP contribution < -0.4 is 69.3 Å². The summed E-state index contributed by atoms with van der Waals surface area (Å²) < 4.78 is 4.70. The molecule has 7 heteroatoms. The molecular weight excluding hydrogens is 198 g/mol. The second kappa shape index (κ2) is 7.23. The van der Waals surface area contributed by atoms with Crippen molar-refractivity contribution in [2.24, 2.45) is 0 Å². The van der Waals surface area contributed by atoms with Gasteiger partial charge in [-0.3, -0.25) is 0 Å². The minimum atomic E-state index is -1.23. The number of ether oxygens (including phenoxy) is 1. The maximum Gasteiger partial charge on any atom is 1.00 e. The Bertz CT molecular complexity index is 175. The molecule has 0 aromatic rings. The number of carboxylic acids is 2. The van der Waals surface area contributed by atoms with E-state index in [0.717, 1.165) is 0 Å². The summed E-state index contributed by atoms with van der Waals surface area (Å²) >= 11 is 0. The molecule has 2 atom stereocenters. The maximum atomic E-state index is 9.93. The molecule has 5 nitrogen and oxygen atoms in total. The summed E-state index contributed by atoms with van der Waals surface area (Å²) in [4.78, 5) is 19.9. The molecular formula is C6H6Na2O5. The molecule has 1 fully saturated rings. The Morgan fingerprint density at radius 1 is 1.00 bits per heavy atom. The number of hydrogen-bond acceptors (Lipinski definition) is 5. The summed E-state index contributed by atoms with van der Waals surface area (Å²) in [7, 11) is 0. The largest absolute Gasteiger partial charge is 1.00 e. The Balaban J connectivity index is 0. The number of carbonyl (C=O) groups excluding carboxylic acids is 2. The van der Waals surface area contributed by atoms with Crippen molar-refractivity contribution in [3.8, 4) is 0 Å². The Morgan fingerprint density at radius 3 is 1.54 bits per heavy atom. The molecule has 2 unspecified atom stereocenters. The van der Waals surface area contributed by atoms with Gasteiger partial charge in [0.2, 0.25) is 0 Å². The molecule has 0 amide bonds. The van der Waals surface area contributed by atoms with Gasteiger partial charge in [0.15, 0.2) is 0 Å². The summed E-state index contributed by atoms with van der Waals surface area (Å²) in [5.41, 5.74) is 0. The third kappa shape index (κ3) is 6.90. The van der Waals surface area contributed by atoms with E-state index >= 15 is 0 Å². The maximum absolute atomic E-state index is 9.93. The first-order chi connectivity index (χ1) is 5.09. The van der Waals surface area contributed by atoms with Gasteiger partial charge in [0.1, 0.15) is 0 Å². The molecule has 0 bridgehead atoms. The summed E-state index contributed by atoms with van der Waals surface area (Å²) in [5, 5.41) is 19.9. The van der Waals surface area contributed by atoms with E-state index in [2.05, 4.69) is 0 Å². The van der Waals surface area contributed by atoms with E-state index < -0.39 is 24.1 Å². The van der Waals surface area contributed by atoms with Gasteiger partial charge in [-0.15, -0.1) is 0 Å². The van der Waals surface area contributed by atoms with Crippen LogP contribution in [0.1, 0.15) is 12.8 Å². The van der Waals surface area contributed by atoms with Crippen LogP contribution in [0.5, 0.6) is 0 Å². The predicted octanol–water partition coefficient (Wildman–Crippen LogP) is -8.96. The standard InChI is InChI=1S/C6H8O5.2Na/c7-5(8)1-3-4(11-3)2-6(9)10;;/h3-4H,1-2H2,(H,7,8)(H,9,10);;/q;2*+1/p-2. The number of carboxylic acid groups (broad SMARTS) is 2. The minimum absolute atomic E-state index is 0. The number of hydrogen-bond donors (Lipinski definition) is 0. The fourth-order valence-electron chi connectivity index (χ4n) is 0.867. The van der Waals surface area contributed by atoms with E-state index in [-0.39, 0.29) is 72.0 Å². The molecule has 0 aromatic heterocycles. The van der Waals surface area contributed by atoms with Crippen LogP contribution in [-0.2, 0) is 14.3 Å². The van der Waals surface area contributed by atoms with E-state index in [0.29, 0.717) is 0 Å². The van der Waals surface area contributed by atoms with Gasteiger partial charge >= 0.3 is 59.1 Å². The summed E-state index contributed by atoms with van der Waals surface area (Å²) in [6, 6.07) is 0. The average molecular weight is 204 g/mol. The first kappa shape index (κ1) is 16.3. The second-order valence-corrected chi connectivity index (χ2v) is 2.37. The molecule has 0 spiro atoms. The molecule has 1 rings (SSSR count). The molecule has 13 heavy (non-hydrogen) atoms. The second-order valence-electron chi connectivity index (χ2n) is 2.37. The van der Waals surface area contributed by atoms with E-state index in [1.165, 1.54) is 0 Å². The van der Waals surface area contributed by atoms with Gasteiger partial charge in [0.05, 0.1) is 12.2 Å². The van der Waals surface area contributed by atoms with Gasteiger partial charge in [-0.1, -0.05) is 0 Å². The Kier molecular flexibility index (Phi) is 9.08. The van der Waals surface area contributed by atoms with Crippen molar-refractivity contribution in [2.75, 3.05) is 0 Å². The summed E-state index contributed by atoms with van der Waals surface area (Å²) in [6.45, 7) is 0. The molecule has 0 radical (unpaired) electrons. The average Bonchev–Trinajstić information content (AvgIpc) is 2.43. The van der Waals surface area contributed by atoms with Gasteiger partial charge in [-0.05, 0) is 0 Å². The summed E-state index contributed by atoms with van der Waals surface area (Å²) in [6.07, 6.45) is -1.45. The van der Waals surface area contributed by atoms with Crippen molar-refractivity contribution in [3.63, 3.8) is 0 Å². The molecule has 1 aliphatic heterocycles. The quantitative estimate of drug-likeness (QED) is 0.335. The van der Waals surface area contributed by atoms with Crippen molar-refractivity contribution >= 4 is 11.9 Å². The predicted molar refractivity (Wildman–Crippen MR) is 27.9 cm³/mol. The number of carbonyl (C=O) groups is 2. The van der Waals surface area contributed by atoms with Crippen LogP contribution in [0.15, 0.2) is 0 Å². The van der Waals surface area contributed by atoms with Crippen LogP contribution >= 0.6 is 0 Å². The minimum Gasteiger partial charge on any atom is -0.550 e.